The summed E-state index contributed by atoms with van der Waals surface area (Å²) < 4.78 is 151. The minimum atomic E-state index is -4.70. The van der Waals surface area contributed by atoms with Crippen LogP contribution in [0.1, 0.15) is 16.7 Å². The Balaban J connectivity index is 0.000000208. The van der Waals surface area contributed by atoms with Crippen molar-refractivity contribution in [2.75, 3.05) is 0 Å². The standard InChI is InChI=1S/3C12H7F4N.Ir/c3*13-10-5-4-8(7-9(10)12(14,15)16)11-3-1-2-6-17-11;/h3*1-7H;/q;;;+3. The van der Waals surface area contributed by atoms with Gasteiger partial charge in [-0.1, -0.05) is 18.2 Å². The summed E-state index contributed by atoms with van der Waals surface area (Å²) in [6.45, 7) is 0. The number of pyridine rings is 3. The van der Waals surface area contributed by atoms with Crippen molar-refractivity contribution in [1.82, 2.24) is 15.0 Å². The molecule has 0 unspecified atom stereocenters. The molecule has 0 aliphatic heterocycles. The molecule has 0 aliphatic carbocycles. The van der Waals surface area contributed by atoms with Gasteiger partial charge >= 0.3 is 38.6 Å². The number of hydrogen-bond donors (Lipinski definition) is 0. The van der Waals surface area contributed by atoms with Crippen molar-refractivity contribution < 1.29 is 72.8 Å². The van der Waals surface area contributed by atoms with Crippen LogP contribution in [0.3, 0.4) is 0 Å². The largest absolute Gasteiger partial charge is 3.00 e. The summed E-state index contributed by atoms with van der Waals surface area (Å²) in [6.07, 6.45) is -9.71. The van der Waals surface area contributed by atoms with Crippen LogP contribution in [0.25, 0.3) is 33.8 Å². The van der Waals surface area contributed by atoms with E-state index in [1.165, 1.54) is 36.8 Å². The Kier molecular flexibility index (Phi) is 13.9. The number of aromatic nitrogens is 3. The minimum absolute atomic E-state index is 0. The van der Waals surface area contributed by atoms with Crippen molar-refractivity contribution in [1.29, 1.82) is 0 Å². The van der Waals surface area contributed by atoms with Crippen LogP contribution in [-0.2, 0) is 38.6 Å². The summed E-state index contributed by atoms with van der Waals surface area (Å²) in [7, 11) is 0. The molecular weight excluding hydrogens is 895 g/mol. The van der Waals surface area contributed by atoms with Gasteiger partial charge in [-0.15, -0.1) is 0 Å². The third kappa shape index (κ3) is 11.2. The van der Waals surface area contributed by atoms with Gasteiger partial charge in [0, 0.05) is 35.3 Å². The monoisotopic (exact) mass is 916 g/mol. The molecule has 3 aromatic carbocycles. The van der Waals surface area contributed by atoms with Crippen LogP contribution in [0.15, 0.2) is 128 Å². The number of benzene rings is 3. The number of alkyl halides is 9. The first-order chi connectivity index (χ1) is 23.9. The van der Waals surface area contributed by atoms with Gasteiger partial charge in [-0.3, -0.25) is 15.0 Å². The Morgan fingerprint density at radius 1 is 0.346 bits per heavy atom. The van der Waals surface area contributed by atoms with E-state index in [9.17, 15) is 52.7 Å². The minimum Gasteiger partial charge on any atom is -0.256 e. The molecule has 0 spiro atoms. The van der Waals surface area contributed by atoms with Gasteiger partial charge in [0.05, 0.1) is 33.8 Å². The molecule has 0 aliphatic rings. The predicted octanol–water partition coefficient (Wildman–Crippen LogP) is 11.7. The molecule has 0 fully saturated rings. The summed E-state index contributed by atoms with van der Waals surface area (Å²) in [5, 5.41) is 0. The summed E-state index contributed by atoms with van der Waals surface area (Å²) in [5.41, 5.74) is -2.01. The van der Waals surface area contributed by atoms with Crippen LogP contribution in [0.2, 0.25) is 0 Å². The molecule has 0 amide bonds. The normalized spacial score (nSPS) is 11.3. The molecule has 0 saturated carbocycles. The van der Waals surface area contributed by atoms with Crippen molar-refractivity contribution in [3.63, 3.8) is 0 Å². The second kappa shape index (κ2) is 17.4. The van der Waals surface area contributed by atoms with Crippen LogP contribution in [0, 0.1) is 17.5 Å². The van der Waals surface area contributed by atoms with Gasteiger partial charge < -0.3 is 0 Å². The Labute approximate surface area is 301 Å². The summed E-state index contributed by atoms with van der Waals surface area (Å²) in [5.74, 6) is -3.84. The fraction of sp³-hybridized carbons (Fsp3) is 0.0833. The third-order valence-electron chi connectivity index (χ3n) is 6.70. The summed E-state index contributed by atoms with van der Waals surface area (Å²) >= 11 is 0. The number of rotatable bonds is 3. The zero-order valence-corrected chi connectivity index (χ0v) is 28.2. The van der Waals surface area contributed by atoms with E-state index in [2.05, 4.69) is 15.0 Å². The van der Waals surface area contributed by atoms with Gasteiger partial charge in [0.15, 0.2) is 0 Å². The van der Waals surface area contributed by atoms with E-state index in [1.54, 1.807) is 54.6 Å². The van der Waals surface area contributed by atoms with Crippen molar-refractivity contribution in [3.05, 3.63) is 162 Å². The second-order valence-corrected chi connectivity index (χ2v) is 10.2. The number of hydrogen-bond acceptors (Lipinski definition) is 3. The van der Waals surface area contributed by atoms with E-state index in [1.807, 2.05) is 0 Å². The molecule has 6 aromatic rings. The SMILES string of the molecule is Fc1ccc(-c2ccccn2)cc1C(F)(F)F.Fc1ccc(-c2ccccn2)cc1C(F)(F)F.Fc1ccc(-c2ccccn2)cc1C(F)(F)F.[Ir+3]. The van der Waals surface area contributed by atoms with Gasteiger partial charge in [-0.25, -0.2) is 13.2 Å². The molecule has 6 rings (SSSR count). The molecule has 52 heavy (non-hydrogen) atoms. The Morgan fingerprint density at radius 2 is 0.596 bits per heavy atom. The molecular formula is C36H21F12IrN3+3. The van der Waals surface area contributed by atoms with E-state index in [-0.39, 0.29) is 36.8 Å². The van der Waals surface area contributed by atoms with Crippen LogP contribution in [0.4, 0.5) is 52.7 Å². The number of halogens is 12. The topological polar surface area (TPSA) is 38.7 Å². The maximum Gasteiger partial charge on any atom is 3.00 e. The Hall–Kier alpha value is -5.08. The van der Waals surface area contributed by atoms with E-state index >= 15 is 0 Å². The van der Waals surface area contributed by atoms with E-state index < -0.39 is 52.7 Å². The fourth-order valence-electron chi connectivity index (χ4n) is 4.31. The van der Waals surface area contributed by atoms with Crippen LogP contribution < -0.4 is 0 Å². The van der Waals surface area contributed by atoms with Crippen LogP contribution in [0.5, 0.6) is 0 Å². The van der Waals surface area contributed by atoms with Crippen molar-refractivity contribution >= 4 is 0 Å². The smallest absolute Gasteiger partial charge is 0.256 e. The van der Waals surface area contributed by atoms with Crippen molar-refractivity contribution in [3.8, 4) is 33.8 Å². The van der Waals surface area contributed by atoms with E-state index in [0.717, 1.165) is 36.4 Å². The zero-order chi connectivity index (χ0) is 37.4. The molecule has 0 bridgehead atoms. The third-order valence-corrected chi connectivity index (χ3v) is 6.70. The van der Waals surface area contributed by atoms with Gasteiger partial charge in [0.25, 0.3) is 0 Å². The quantitative estimate of drug-likeness (QED) is 0.166. The maximum atomic E-state index is 13.0. The summed E-state index contributed by atoms with van der Waals surface area (Å²) in [4.78, 5) is 11.7. The molecule has 0 saturated heterocycles. The fourth-order valence-corrected chi connectivity index (χ4v) is 4.31. The Morgan fingerprint density at radius 3 is 0.788 bits per heavy atom. The average molecular weight is 916 g/mol. The predicted molar refractivity (Wildman–Crippen MR) is 164 cm³/mol. The molecule has 3 heterocycles. The van der Waals surface area contributed by atoms with E-state index in [0.29, 0.717) is 17.1 Å². The van der Waals surface area contributed by atoms with Gasteiger partial charge in [0.1, 0.15) is 17.5 Å². The molecule has 3 nitrogen and oxygen atoms in total. The summed E-state index contributed by atoms with van der Waals surface area (Å²) in [6, 6.07) is 23.1. The van der Waals surface area contributed by atoms with Crippen LogP contribution >= 0.6 is 0 Å². The Bertz CT molecular complexity index is 1800. The van der Waals surface area contributed by atoms with Crippen molar-refractivity contribution in [2.24, 2.45) is 0 Å². The first-order valence-electron chi connectivity index (χ1n) is 14.3. The first kappa shape index (κ1) is 41.3. The van der Waals surface area contributed by atoms with Gasteiger partial charge in [0.2, 0.25) is 0 Å². The molecule has 0 radical (unpaired) electrons. The zero-order valence-electron chi connectivity index (χ0n) is 25.8. The molecule has 0 atom stereocenters. The maximum absolute atomic E-state index is 13.0. The number of nitrogens with zero attached hydrogens (tertiary/aromatic N) is 3. The molecule has 16 heteroatoms. The van der Waals surface area contributed by atoms with Gasteiger partial charge in [-0.05, 0) is 91.0 Å². The molecule has 3 aromatic heterocycles. The van der Waals surface area contributed by atoms with Crippen molar-refractivity contribution in [2.45, 2.75) is 18.5 Å². The molecule has 270 valence electrons. The van der Waals surface area contributed by atoms with E-state index in [4.69, 9.17) is 0 Å². The first-order valence-corrected chi connectivity index (χ1v) is 14.3. The molecule has 0 N–H and O–H groups in total. The average Bonchev–Trinajstić information content (AvgIpc) is 3.09. The second-order valence-electron chi connectivity index (χ2n) is 10.2. The van der Waals surface area contributed by atoms with Crippen LogP contribution in [-0.4, -0.2) is 15.0 Å². The van der Waals surface area contributed by atoms with Gasteiger partial charge in [-0.2, -0.15) is 39.5 Å².